The van der Waals surface area contributed by atoms with E-state index in [4.69, 9.17) is 0 Å². The normalized spacial score (nSPS) is 25.1. The first-order valence-electron chi connectivity index (χ1n) is 6.32. The molecule has 1 aliphatic rings. The first-order valence-corrected chi connectivity index (χ1v) is 7.11. The largest absolute Gasteiger partial charge is 0.369 e. The third kappa shape index (κ3) is 2.83. The maximum atomic E-state index is 3.62. The van der Waals surface area contributed by atoms with Crippen LogP contribution in [0.3, 0.4) is 0 Å². The van der Waals surface area contributed by atoms with Crippen LogP contribution >= 0.6 is 15.9 Å². The zero-order chi connectivity index (χ0) is 12.4. The number of halogens is 1. The molecule has 94 valence electrons. The van der Waals surface area contributed by atoms with Crippen LogP contribution < -0.4 is 10.2 Å². The lowest BCUT2D eigenvalue weighted by Gasteiger charge is -2.39. The van der Waals surface area contributed by atoms with Gasteiger partial charge < -0.3 is 10.2 Å². The van der Waals surface area contributed by atoms with Gasteiger partial charge in [0.2, 0.25) is 0 Å². The van der Waals surface area contributed by atoms with E-state index < -0.39 is 0 Å². The van der Waals surface area contributed by atoms with Crippen molar-refractivity contribution in [3.8, 4) is 0 Å². The number of anilines is 1. The van der Waals surface area contributed by atoms with Gasteiger partial charge in [0.1, 0.15) is 0 Å². The van der Waals surface area contributed by atoms with Crippen LogP contribution in [0.5, 0.6) is 0 Å². The highest BCUT2D eigenvalue weighted by atomic mass is 79.9. The molecule has 0 aromatic heterocycles. The Balaban J connectivity index is 2.14. The Morgan fingerprint density at radius 1 is 1.41 bits per heavy atom. The van der Waals surface area contributed by atoms with Gasteiger partial charge in [0.15, 0.2) is 0 Å². The molecular formula is C14H21BrN2. The summed E-state index contributed by atoms with van der Waals surface area (Å²) >= 11 is 3.62. The molecule has 2 unspecified atom stereocenters. The summed E-state index contributed by atoms with van der Waals surface area (Å²) in [5.74, 6) is 0. The molecule has 1 saturated heterocycles. The van der Waals surface area contributed by atoms with Crippen molar-refractivity contribution in [3.63, 3.8) is 0 Å². The zero-order valence-electron chi connectivity index (χ0n) is 10.8. The Labute approximate surface area is 113 Å². The Hall–Kier alpha value is -0.540. The topological polar surface area (TPSA) is 15.3 Å². The van der Waals surface area contributed by atoms with Crippen LogP contribution in [0.15, 0.2) is 22.7 Å². The van der Waals surface area contributed by atoms with Crippen molar-refractivity contribution in [2.24, 2.45) is 0 Å². The maximum Gasteiger partial charge on any atom is 0.0380 e. The minimum Gasteiger partial charge on any atom is -0.369 e. The third-order valence-corrected chi connectivity index (χ3v) is 4.63. The standard InChI is InChI=1S/C14H21BrN2/c1-10-4-5-13(9-14(10)15)17-7-6-12(16-3)8-11(17)2/h4-5,9,11-12,16H,6-8H2,1-3H3. The Bertz CT molecular complexity index is 392. The summed E-state index contributed by atoms with van der Waals surface area (Å²) < 4.78 is 1.21. The van der Waals surface area contributed by atoms with Crippen LogP contribution in [0.1, 0.15) is 25.3 Å². The van der Waals surface area contributed by atoms with E-state index in [1.807, 2.05) is 0 Å². The van der Waals surface area contributed by atoms with Crippen molar-refractivity contribution in [1.29, 1.82) is 0 Å². The molecule has 0 radical (unpaired) electrons. The molecule has 2 nitrogen and oxygen atoms in total. The van der Waals surface area contributed by atoms with Crippen LogP contribution in [-0.2, 0) is 0 Å². The van der Waals surface area contributed by atoms with Crippen molar-refractivity contribution in [3.05, 3.63) is 28.2 Å². The average molecular weight is 297 g/mol. The van der Waals surface area contributed by atoms with E-state index >= 15 is 0 Å². The predicted molar refractivity (Wildman–Crippen MR) is 77.8 cm³/mol. The molecule has 0 spiro atoms. The molecule has 1 heterocycles. The second-order valence-corrected chi connectivity index (χ2v) is 5.84. The zero-order valence-corrected chi connectivity index (χ0v) is 12.4. The van der Waals surface area contributed by atoms with Gasteiger partial charge in [0.25, 0.3) is 0 Å². The molecule has 1 aromatic rings. The van der Waals surface area contributed by atoms with Crippen molar-refractivity contribution in [1.82, 2.24) is 5.32 Å². The SMILES string of the molecule is CNC1CCN(c2ccc(C)c(Br)c2)C(C)C1. The monoisotopic (exact) mass is 296 g/mol. The second-order valence-electron chi connectivity index (χ2n) is 4.99. The van der Waals surface area contributed by atoms with Gasteiger partial charge in [-0.3, -0.25) is 0 Å². The van der Waals surface area contributed by atoms with Gasteiger partial charge in [0, 0.05) is 28.8 Å². The summed E-state index contributed by atoms with van der Waals surface area (Å²) in [6.07, 6.45) is 2.45. The minimum absolute atomic E-state index is 0.607. The third-order valence-electron chi connectivity index (χ3n) is 3.77. The summed E-state index contributed by atoms with van der Waals surface area (Å²) in [5.41, 5.74) is 2.64. The lowest BCUT2D eigenvalue weighted by atomic mass is 9.97. The smallest absolute Gasteiger partial charge is 0.0380 e. The number of benzene rings is 1. The van der Waals surface area contributed by atoms with E-state index in [1.165, 1.54) is 28.6 Å². The molecule has 0 amide bonds. The van der Waals surface area contributed by atoms with Gasteiger partial charge in [-0.05, 0) is 51.4 Å². The highest BCUT2D eigenvalue weighted by molar-refractivity contribution is 9.10. The van der Waals surface area contributed by atoms with E-state index in [-0.39, 0.29) is 0 Å². The molecule has 1 fully saturated rings. The first-order chi connectivity index (χ1) is 8.11. The molecule has 1 aromatic carbocycles. The maximum absolute atomic E-state index is 3.62. The van der Waals surface area contributed by atoms with Gasteiger partial charge in [0.05, 0.1) is 0 Å². The molecule has 17 heavy (non-hydrogen) atoms. The van der Waals surface area contributed by atoms with Crippen LogP contribution in [0, 0.1) is 6.92 Å². The van der Waals surface area contributed by atoms with Gasteiger partial charge in [-0.25, -0.2) is 0 Å². The first kappa shape index (κ1) is 12.9. The van der Waals surface area contributed by atoms with Crippen molar-refractivity contribution >= 4 is 21.6 Å². The highest BCUT2D eigenvalue weighted by Crippen LogP contribution is 2.28. The summed E-state index contributed by atoms with van der Waals surface area (Å²) in [5, 5.41) is 3.39. The highest BCUT2D eigenvalue weighted by Gasteiger charge is 2.24. The van der Waals surface area contributed by atoms with Crippen LogP contribution in [0.4, 0.5) is 5.69 Å². The lowest BCUT2D eigenvalue weighted by Crippen LogP contribution is -2.46. The number of nitrogens with one attached hydrogen (secondary N) is 1. The fraction of sp³-hybridized carbons (Fsp3) is 0.571. The number of rotatable bonds is 2. The van der Waals surface area contributed by atoms with Crippen LogP contribution in [-0.4, -0.2) is 25.7 Å². The predicted octanol–water partition coefficient (Wildman–Crippen LogP) is 3.33. The minimum atomic E-state index is 0.607. The molecule has 0 bridgehead atoms. The second kappa shape index (κ2) is 5.40. The van der Waals surface area contributed by atoms with E-state index in [9.17, 15) is 0 Å². The fourth-order valence-electron chi connectivity index (χ4n) is 2.58. The molecule has 2 rings (SSSR count). The van der Waals surface area contributed by atoms with E-state index in [1.54, 1.807) is 0 Å². The summed E-state index contributed by atoms with van der Waals surface area (Å²) in [6.45, 7) is 5.59. The summed E-state index contributed by atoms with van der Waals surface area (Å²) in [4.78, 5) is 2.51. The van der Waals surface area contributed by atoms with Crippen molar-refractivity contribution in [2.45, 2.75) is 38.8 Å². The van der Waals surface area contributed by atoms with Crippen LogP contribution in [0.25, 0.3) is 0 Å². The summed E-state index contributed by atoms with van der Waals surface area (Å²) in [6, 6.07) is 7.95. The lowest BCUT2D eigenvalue weighted by molar-refractivity contribution is 0.387. The van der Waals surface area contributed by atoms with E-state index in [0.717, 1.165) is 6.54 Å². The number of hydrogen-bond donors (Lipinski definition) is 1. The van der Waals surface area contributed by atoms with Crippen molar-refractivity contribution < 1.29 is 0 Å². The Kier molecular flexibility index (Phi) is 4.10. The molecule has 3 heteroatoms. The molecule has 1 N–H and O–H groups in total. The summed E-state index contributed by atoms with van der Waals surface area (Å²) in [7, 11) is 2.06. The van der Waals surface area contributed by atoms with Crippen LogP contribution in [0.2, 0.25) is 0 Å². The van der Waals surface area contributed by atoms with E-state index in [2.05, 4.69) is 65.2 Å². The number of nitrogens with zero attached hydrogens (tertiary/aromatic N) is 1. The molecule has 0 aliphatic carbocycles. The van der Waals surface area contributed by atoms with E-state index in [0.29, 0.717) is 12.1 Å². The number of hydrogen-bond acceptors (Lipinski definition) is 2. The Morgan fingerprint density at radius 3 is 2.76 bits per heavy atom. The van der Waals surface area contributed by atoms with Gasteiger partial charge >= 0.3 is 0 Å². The van der Waals surface area contributed by atoms with Gasteiger partial charge in [-0.15, -0.1) is 0 Å². The number of piperidine rings is 1. The van der Waals surface area contributed by atoms with Gasteiger partial charge in [-0.1, -0.05) is 22.0 Å². The average Bonchev–Trinajstić information content (AvgIpc) is 2.32. The molecule has 0 saturated carbocycles. The quantitative estimate of drug-likeness (QED) is 0.900. The fourth-order valence-corrected chi connectivity index (χ4v) is 2.95. The molecular weight excluding hydrogens is 276 g/mol. The number of aryl methyl sites for hydroxylation is 1. The van der Waals surface area contributed by atoms with Crippen molar-refractivity contribution in [2.75, 3.05) is 18.5 Å². The molecule has 2 atom stereocenters. The Morgan fingerprint density at radius 2 is 2.18 bits per heavy atom. The van der Waals surface area contributed by atoms with Gasteiger partial charge in [-0.2, -0.15) is 0 Å². The molecule has 1 aliphatic heterocycles.